The maximum atomic E-state index is 12.6. The third-order valence-corrected chi connectivity index (χ3v) is 3.78. The summed E-state index contributed by atoms with van der Waals surface area (Å²) in [5, 5.41) is 4.04. The lowest BCUT2D eigenvalue weighted by Crippen LogP contribution is -2.11. The molecule has 25 heavy (non-hydrogen) atoms. The summed E-state index contributed by atoms with van der Waals surface area (Å²) in [5.74, 6) is 1.63. The predicted molar refractivity (Wildman–Crippen MR) is 87.1 cm³/mol. The SMILES string of the molecule is CC(C)c1cc(Cn2ccnc2-c2cccc(CC(F)(F)F)c2)no1. The molecule has 0 fully saturated rings. The zero-order valence-corrected chi connectivity index (χ0v) is 13.9. The lowest BCUT2D eigenvalue weighted by atomic mass is 10.1. The molecule has 7 heteroatoms. The van der Waals surface area contributed by atoms with Crippen molar-refractivity contribution in [2.45, 2.75) is 38.9 Å². The van der Waals surface area contributed by atoms with Crippen LogP contribution in [-0.2, 0) is 13.0 Å². The maximum Gasteiger partial charge on any atom is 0.393 e. The molecule has 0 aliphatic carbocycles. The first-order chi connectivity index (χ1) is 11.8. The minimum Gasteiger partial charge on any atom is -0.361 e. The molecule has 0 amide bonds. The summed E-state index contributed by atoms with van der Waals surface area (Å²) >= 11 is 0. The Bertz CT molecular complexity index is 849. The molecule has 0 aliphatic heterocycles. The number of benzene rings is 1. The second kappa shape index (κ2) is 6.74. The van der Waals surface area contributed by atoms with Crippen molar-refractivity contribution in [3.8, 4) is 11.4 Å². The van der Waals surface area contributed by atoms with Gasteiger partial charge in [0.2, 0.25) is 0 Å². The van der Waals surface area contributed by atoms with Crippen LogP contribution in [0.25, 0.3) is 11.4 Å². The van der Waals surface area contributed by atoms with Crippen LogP contribution in [0.15, 0.2) is 47.2 Å². The lowest BCUT2D eigenvalue weighted by Gasteiger charge is -2.09. The average Bonchev–Trinajstić information content (AvgIpc) is 3.15. The highest BCUT2D eigenvalue weighted by atomic mass is 19.4. The van der Waals surface area contributed by atoms with Crippen molar-refractivity contribution >= 4 is 0 Å². The summed E-state index contributed by atoms with van der Waals surface area (Å²) in [6, 6.07) is 8.24. The van der Waals surface area contributed by atoms with E-state index in [9.17, 15) is 13.2 Å². The number of hydrogen-bond acceptors (Lipinski definition) is 3. The molecule has 3 aromatic rings. The molecule has 0 atom stereocenters. The van der Waals surface area contributed by atoms with E-state index in [-0.39, 0.29) is 11.5 Å². The van der Waals surface area contributed by atoms with Crippen LogP contribution in [0, 0.1) is 0 Å². The minimum absolute atomic E-state index is 0.211. The van der Waals surface area contributed by atoms with Gasteiger partial charge < -0.3 is 9.09 Å². The number of alkyl halides is 3. The summed E-state index contributed by atoms with van der Waals surface area (Å²) in [6.45, 7) is 4.47. The largest absolute Gasteiger partial charge is 0.393 e. The van der Waals surface area contributed by atoms with Crippen molar-refractivity contribution < 1.29 is 17.7 Å². The van der Waals surface area contributed by atoms with Crippen molar-refractivity contribution in [1.29, 1.82) is 0 Å². The van der Waals surface area contributed by atoms with Gasteiger partial charge in [-0.25, -0.2) is 4.98 Å². The van der Waals surface area contributed by atoms with E-state index >= 15 is 0 Å². The van der Waals surface area contributed by atoms with Crippen LogP contribution in [0.4, 0.5) is 13.2 Å². The summed E-state index contributed by atoms with van der Waals surface area (Å²) in [4.78, 5) is 4.29. The summed E-state index contributed by atoms with van der Waals surface area (Å²) in [6.07, 6.45) is -1.80. The Morgan fingerprint density at radius 1 is 1.20 bits per heavy atom. The molecule has 2 heterocycles. The van der Waals surface area contributed by atoms with E-state index in [0.717, 1.165) is 11.5 Å². The highest BCUT2D eigenvalue weighted by Crippen LogP contribution is 2.25. The second-order valence-electron chi connectivity index (χ2n) is 6.25. The summed E-state index contributed by atoms with van der Waals surface area (Å²) in [5.41, 5.74) is 1.59. The normalized spacial score (nSPS) is 12.1. The number of imidazole rings is 1. The molecule has 0 radical (unpaired) electrons. The van der Waals surface area contributed by atoms with Gasteiger partial charge in [-0.1, -0.05) is 37.2 Å². The van der Waals surface area contributed by atoms with Crippen LogP contribution < -0.4 is 0 Å². The fourth-order valence-electron chi connectivity index (χ4n) is 2.60. The third-order valence-electron chi connectivity index (χ3n) is 3.78. The molecule has 3 rings (SSSR count). The molecule has 0 saturated carbocycles. The van der Waals surface area contributed by atoms with E-state index < -0.39 is 12.6 Å². The first-order valence-electron chi connectivity index (χ1n) is 7.94. The number of aromatic nitrogens is 3. The van der Waals surface area contributed by atoms with Crippen LogP contribution in [0.2, 0.25) is 0 Å². The van der Waals surface area contributed by atoms with E-state index in [1.54, 1.807) is 24.5 Å². The van der Waals surface area contributed by atoms with E-state index in [1.807, 2.05) is 24.5 Å². The molecule has 132 valence electrons. The number of hydrogen-bond donors (Lipinski definition) is 0. The van der Waals surface area contributed by atoms with Crippen LogP contribution in [-0.4, -0.2) is 20.9 Å². The van der Waals surface area contributed by atoms with Crippen molar-refractivity contribution in [3.05, 3.63) is 59.7 Å². The molecule has 0 bridgehead atoms. The highest BCUT2D eigenvalue weighted by Gasteiger charge is 2.27. The molecule has 4 nitrogen and oxygen atoms in total. The van der Waals surface area contributed by atoms with Gasteiger partial charge in [-0.3, -0.25) is 0 Å². The van der Waals surface area contributed by atoms with Crippen molar-refractivity contribution in [1.82, 2.24) is 14.7 Å². The molecule has 1 aromatic carbocycles. The van der Waals surface area contributed by atoms with Gasteiger partial charge in [-0.15, -0.1) is 0 Å². The van der Waals surface area contributed by atoms with Gasteiger partial charge in [0.25, 0.3) is 0 Å². The Hall–Kier alpha value is -2.57. The van der Waals surface area contributed by atoms with Gasteiger partial charge in [0.05, 0.1) is 13.0 Å². The molecule has 0 N–H and O–H groups in total. The first-order valence-corrected chi connectivity index (χ1v) is 7.94. The monoisotopic (exact) mass is 349 g/mol. The van der Waals surface area contributed by atoms with Gasteiger partial charge in [0.1, 0.15) is 17.3 Å². The van der Waals surface area contributed by atoms with Crippen molar-refractivity contribution in [2.24, 2.45) is 0 Å². The third kappa shape index (κ3) is 4.29. The summed E-state index contributed by atoms with van der Waals surface area (Å²) in [7, 11) is 0. The lowest BCUT2D eigenvalue weighted by molar-refractivity contribution is -0.127. The highest BCUT2D eigenvalue weighted by molar-refractivity contribution is 5.57. The zero-order chi connectivity index (χ0) is 18.0. The van der Waals surface area contributed by atoms with Gasteiger partial charge in [0.15, 0.2) is 0 Å². The van der Waals surface area contributed by atoms with E-state index in [2.05, 4.69) is 10.1 Å². The van der Waals surface area contributed by atoms with Gasteiger partial charge >= 0.3 is 6.18 Å². The molecular weight excluding hydrogens is 331 g/mol. The van der Waals surface area contributed by atoms with Crippen LogP contribution in [0.5, 0.6) is 0 Å². The van der Waals surface area contributed by atoms with Gasteiger partial charge in [0, 0.05) is 29.9 Å². The predicted octanol–water partition coefficient (Wildman–Crippen LogP) is 4.81. The maximum absolute atomic E-state index is 12.6. The number of nitrogens with zero attached hydrogens (tertiary/aromatic N) is 3. The Morgan fingerprint density at radius 2 is 2.00 bits per heavy atom. The fourth-order valence-corrected chi connectivity index (χ4v) is 2.60. The Labute approximate surface area is 143 Å². The molecule has 0 spiro atoms. The Morgan fingerprint density at radius 3 is 2.68 bits per heavy atom. The topological polar surface area (TPSA) is 43.9 Å². The zero-order valence-electron chi connectivity index (χ0n) is 13.9. The average molecular weight is 349 g/mol. The van der Waals surface area contributed by atoms with E-state index in [1.165, 1.54) is 12.1 Å². The fraction of sp³-hybridized carbons (Fsp3) is 0.333. The minimum atomic E-state index is -4.23. The second-order valence-corrected chi connectivity index (χ2v) is 6.25. The standard InChI is InChI=1S/C18H18F3N3O/c1-12(2)16-9-15(23-25-16)11-24-7-6-22-17(24)14-5-3-4-13(8-14)10-18(19,20)21/h3-9,12H,10-11H2,1-2H3. The van der Waals surface area contributed by atoms with Crippen LogP contribution in [0.3, 0.4) is 0 Å². The van der Waals surface area contributed by atoms with Crippen LogP contribution in [0.1, 0.15) is 36.8 Å². The molecule has 0 saturated heterocycles. The first kappa shape index (κ1) is 17.3. The quantitative estimate of drug-likeness (QED) is 0.664. The van der Waals surface area contributed by atoms with Crippen LogP contribution >= 0.6 is 0 Å². The van der Waals surface area contributed by atoms with Gasteiger partial charge in [-0.2, -0.15) is 13.2 Å². The number of halogens is 3. The molecule has 0 unspecified atom stereocenters. The molecule has 2 aromatic heterocycles. The Kier molecular flexibility index (Phi) is 4.65. The molecular formula is C18H18F3N3O. The van der Waals surface area contributed by atoms with Crippen molar-refractivity contribution in [2.75, 3.05) is 0 Å². The Balaban J connectivity index is 1.85. The number of rotatable bonds is 5. The molecule has 0 aliphatic rings. The van der Waals surface area contributed by atoms with Gasteiger partial charge in [-0.05, 0) is 11.6 Å². The van der Waals surface area contributed by atoms with E-state index in [0.29, 0.717) is 17.9 Å². The van der Waals surface area contributed by atoms with E-state index in [4.69, 9.17) is 4.52 Å². The van der Waals surface area contributed by atoms with Crippen molar-refractivity contribution in [3.63, 3.8) is 0 Å². The smallest absolute Gasteiger partial charge is 0.361 e. The summed E-state index contributed by atoms with van der Waals surface area (Å²) < 4.78 is 45.0.